The molecule has 0 amide bonds. The first-order chi connectivity index (χ1) is 9.77. The minimum Gasteiger partial charge on any atom is -0.313 e. The summed E-state index contributed by atoms with van der Waals surface area (Å²) in [6.07, 6.45) is 5.39. The van der Waals surface area contributed by atoms with Crippen LogP contribution < -0.4 is 5.32 Å². The summed E-state index contributed by atoms with van der Waals surface area (Å²) < 4.78 is 0. The Morgan fingerprint density at radius 2 is 2.10 bits per heavy atom. The Kier molecular flexibility index (Phi) is 6.28. The predicted molar refractivity (Wildman–Crippen MR) is 87.8 cm³/mol. The van der Waals surface area contributed by atoms with Crippen LogP contribution in [0.25, 0.3) is 5.57 Å². The van der Waals surface area contributed by atoms with Crippen LogP contribution >= 0.6 is 0 Å². The van der Waals surface area contributed by atoms with E-state index in [4.69, 9.17) is 0 Å². The van der Waals surface area contributed by atoms with Crippen molar-refractivity contribution in [3.8, 4) is 0 Å². The molecule has 110 valence electrons. The fraction of sp³-hybridized carbons (Fsp3) is 0.556. The molecule has 1 N–H and O–H groups in total. The number of nitrogens with one attached hydrogen (secondary N) is 1. The van der Waals surface area contributed by atoms with Crippen molar-refractivity contribution in [2.45, 2.75) is 38.6 Å². The Balaban J connectivity index is 1.58. The van der Waals surface area contributed by atoms with Gasteiger partial charge in [0, 0.05) is 12.6 Å². The van der Waals surface area contributed by atoms with Crippen molar-refractivity contribution >= 4 is 5.57 Å². The molecule has 1 fully saturated rings. The molecule has 1 atom stereocenters. The lowest BCUT2D eigenvalue weighted by atomic mass is 10.0. The number of hydrogen-bond donors (Lipinski definition) is 1. The molecule has 20 heavy (non-hydrogen) atoms. The lowest BCUT2D eigenvalue weighted by Crippen LogP contribution is -2.38. The zero-order chi connectivity index (χ0) is 14.2. The zero-order valence-corrected chi connectivity index (χ0v) is 12.8. The van der Waals surface area contributed by atoms with Crippen LogP contribution in [0.1, 0.15) is 38.2 Å². The molecule has 1 unspecified atom stereocenters. The van der Waals surface area contributed by atoms with Gasteiger partial charge in [-0.15, -0.1) is 0 Å². The van der Waals surface area contributed by atoms with E-state index in [2.05, 4.69) is 48.0 Å². The molecule has 0 spiro atoms. The summed E-state index contributed by atoms with van der Waals surface area (Å²) in [4.78, 5) is 2.64. The minimum absolute atomic E-state index is 0.781. The monoisotopic (exact) mass is 272 g/mol. The van der Waals surface area contributed by atoms with E-state index in [1.165, 1.54) is 49.9 Å². The Morgan fingerprint density at radius 3 is 2.85 bits per heavy atom. The predicted octanol–water partition coefficient (Wildman–Crippen LogP) is 3.55. The van der Waals surface area contributed by atoms with Crippen molar-refractivity contribution in [1.29, 1.82) is 0 Å². The Labute approximate surface area is 123 Å². The van der Waals surface area contributed by atoms with Crippen LogP contribution in [0.4, 0.5) is 0 Å². The van der Waals surface area contributed by atoms with Gasteiger partial charge < -0.3 is 10.2 Å². The highest BCUT2D eigenvalue weighted by Gasteiger charge is 2.16. The molecule has 0 saturated carbocycles. The van der Waals surface area contributed by atoms with Crippen molar-refractivity contribution in [3.63, 3.8) is 0 Å². The Morgan fingerprint density at radius 1 is 1.30 bits per heavy atom. The molecule has 1 aliphatic rings. The molecular weight excluding hydrogens is 244 g/mol. The molecule has 2 rings (SSSR count). The average Bonchev–Trinajstić information content (AvgIpc) is 2.49. The van der Waals surface area contributed by atoms with Gasteiger partial charge in [-0.25, -0.2) is 0 Å². The van der Waals surface area contributed by atoms with Gasteiger partial charge in [0.25, 0.3) is 0 Å². The maximum Gasteiger partial charge on any atom is 0.0205 e. The van der Waals surface area contributed by atoms with E-state index in [1.54, 1.807) is 0 Å². The van der Waals surface area contributed by atoms with E-state index in [0.717, 1.165) is 19.1 Å². The van der Waals surface area contributed by atoms with E-state index in [9.17, 15) is 0 Å². The smallest absolute Gasteiger partial charge is 0.0205 e. The van der Waals surface area contributed by atoms with Gasteiger partial charge in [0.1, 0.15) is 0 Å². The summed E-state index contributed by atoms with van der Waals surface area (Å²) in [5.74, 6) is 0. The number of nitrogens with zero attached hydrogens (tertiary/aromatic N) is 1. The van der Waals surface area contributed by atoms with Gasteiger partial charge in [-0.05, 0) is 57.0 Å². The highest BCUT2D eigenvalue weighted by Crippen LogP contribution is 2.16. The topological polar surface area (TPSA) is 15.3 Å². The maximum absolute atomic E-state index is 4.15. The molecule has 0 aromatic heterocycles. The van der Waals surface area contributed by atoms with Crippen molar-refractivity contribution < 1.29 is 0 Å². The van der Waals surface area contributed by atoms with Crippen LogP contribution in [0.3, 0.4) is 0 Å². The fourth-order valence-electron chi connectivity index (χ4n) is 2.91. The second-order valence-corrected chi connectivity index (χ2v) is 5.88. The number of rotatable bonds is 7. The average molecular weight is 272 g/mol. The third-order valence-corrected chi connectivity index (χ3v) is 4.26. The van der Waals surface area contributed by atoms with Gasteiger partial charge in [-0.1, -0.05) is 43.3 Å². The molecule has 0 radical (unpaired) electrons. The van der Waals surface area contributed by atoms with Crippen molar-refractivity contribution in [2.24, 2.45) is 0 Å². The van der Waals surface area contributed by atoms with Gasteiger partial charge in [0.05, 0.1) is 0 Å². The Bertz CT molecular complexity index is 399. The summed E-state index contributed by atoms with van der Waals surface area (Å²) in [5.41, 5.74) is 2.42. The Hall–Kier alpha value is -1.12. The van der Waals surface area contributed by atoms with E-state index in [1.807, 2.05) is 6.07 Å². The first-order valence-corrected chi connectivity index (χ1v) is 7.95. The van der Waals surface area contributed by atoms with E-state index >= 15 is 0 Å². The number of hydrogen-bond acceptors (Lipinski definition) is 2. The first-order valence-electron chi connectivity index (χ1n) is 7.95. The van der Waals surface area contributed by atoms with Crippen LogP contribution in [0.5, 0.6) is 0 Å². The SMILES string of the molecule is C=C(CNCCCN1CCCCC1C)c1ccccc1. The van der Waals surface area contributed by atoms with Crippen LogP contribution in [0, 0.1) is 0 Å². The molecule has 0 bridgehead atoms. The second kappa shape index (κ2) is 8.23. The standard InChI is InChI=1S/C18H28N2/c1-16(18-10-4-3-5-11-18)15-19-12-8-14-20-13-7-6-9-17(20)2/h3-5,10-11,17,19H,1,6-9,12-15H2,2H3. The van der Waals surface area contributed by atoms with Gasteiger partial charge >= 0.3 is 0 Å². The molecule has 1 aliphatic heterocycles. The van der Waals surface area contributed by atoms with Crippen LogP contribution in [0.2, 0.25) is 0 Å². The first kappa shape index (κ1) is 15.3. The lowest BCUT2D eigenvalue weighted by molar-refractivity contribution is 0.159. The largest absolute Gasteiger partial charge is 0.313 e. The molecule has 1 saturated heterocycles. The van der Waals surface area contributed by atoms with Crippen LogP contribution in [-0.2, 0) is 0 Å². The van der Waals surface area contributed by atoms with E-state index < -0.39 is 0 Å². The van der Waals surface area contributed by atoms with Gasteiger partial charge in [0.15, 0.2) is 0 Å². The number of benzene rings is 1. The van der Waals surface area contributed by atoms with Crippen LogP contribution in [0.15, 0.2) is 36.9 Å². The number of piperidine rings is 1. The van der Waals surface area contributed by atoms with Gasteiger partial charge in [-0.3, -0.25) is 0 Å². The summed E-state index contributed by atoms with van der Waals surface area (Å²) in [5, 5.41) is 3.51. The molecular formula is C18H28N2. The van der Waals surface area contributed by atoms with Crippen molar-refractivity contribution in [3.05, 3.63) is 42.5 Å². The third kappa shape index (κ3) is 4.77. The van der Waals surface area contributed by atoms with Crippen molar-refractivity contribution in [2.75, 3.05) is 26.2 Å². The van der Waals surface area contributed by atoms with Gasteiger partial charge in [0.2, 0.25) is 0 Å². The third-order valence-electron chi connectivity index (χ3n) is 4.26. The highest BCUT2D eigenvalue weighted by atomic mass is 15.2. The summed E-state index contributed by atoms with van der Waals surface area (Å²) in [6, 6.07) is 11.2. The molecule has 1 heterocycles. The summed E-state index contributed by atoms with van der Waals surface area (Å²) in [6.45, 7) is 11.0. The molecule has 1 aromatic rings. The zero-order valence-electron chi connectivity index (χ0n) is 12.8. The van der Waals surface area contributed by atoms with Crippen molar-refractivity contribution in [1.82, 2.24) is 10.2 Å². The van der Waals surface area contributed by atoms with Crippen LogP contribution in [-0.4, -0.2) is 37.1 Å². The quantitative estimate of drug-likeness (QED) is 0.764. The number of likely N-dealkylation sites (tertiary alicyclic amines) is 1. The minimum atomic E-state index is 0.781. The van der Waals surface area contributed by atoms with E-state index in [0.29, 0.717) is 0 Å². The molecule has 1 aromatic carbocycles. The van der Waals surface area contributed by atoms with Gasteiger partial charge in [-0.2, -0.15) is 0 Å². The molecule has 2 heteroatoms. The maximum atomic E-state index is 4.15. The lowest BCUT2D eigenvalue weighted by Gasteiger charge is -2.33. The normalized spacial score (nSPS) is 19.9. The summed E-state index contributed by atoms with van der Waals surface area (Å²) in [7, 11) is 0. The molecule has 0 aliphatic carbocycles. The molecule has 2 nitrogen and oxygen atoms in total. The van der Waals surface area contributed by atoms with E-state index in [-0.39, 0.29) is 0 Å². The fourth-order valence-corrected chi connectivity index (χ4v) is 2.91. The highest BCUT2D eigenvalue weighted by molar-refractivity contribution is 5.64. The summed E-state index contributed by atoms with van der Waals surface area (Å²) >= 11 is 0. The second-order valence-electron chi connectivity index (χ2n) is 5.88.